The first-order valence-electron chi connectivity index (χ1n) is 7.19. The van der Waals surface area contributed by atoms with E-state index >= 15 is 0 Å². The fourth-order valence-corrected chi connectivity index (χ4v) is 2.05. The van der Waals surface area contributed by atoms with Crippen molar-refractivity contribution in [3.8, 4) is 11.8 Å². The van der Waals surface area contributed by atoms with Crippen LogP contribution in [0.15, 0.2) is 48.8 Å². The number of hydrogen-bond acceptors (Lipinski definition) is 4. The van der Waals surface area contributed by atoms with Crippen molar-refractivity contribution in [3.63, 3.8) is 0 Å². The molecular weight excluding hydrogens is 292 g/mol. The van der Waals surface area contributed by atoms with Crippen LogP contribution in [0.4, 0.5) is 10.5 Å². The summed E-state index contributed by atoms with van der Waals surface area (Å²) in [4.78, 5) is 18.1. The lowest BCUT2D eigenvalue weighted by Gasteiger charge is -2.22. The molecule has 2 rings (SSSR count). The molecule has 0 aliphatic rings. The monoisotopic (exact) mass is 310 g/mol. The van der Waals surface area contributed by atoms with E-state index in [0.29, 0.717) is 24.5 Å². The molecule has 0 aliphatic heterocycles. The van der Waals surface area contributed by atoms with Crippen LogP contribution in [0.3, 0.4) is 0 Å². The number of aromatic nitrogens is 1. The summed E-state index contributed by atoms with van der Waals surface area (Å²) in [7, 11) is 1.57. The van der Waals surface area contributed by atoms with E-state index < -0.39 is 0 Å². The molecule has 0 atom stereocenters. The Morgan fingerprint density at radius 1 is 1.39 bits per heavy atom. The summed E-state index contributed by atoms with van der Waals surface area (Å²) in [5.41, 5.74) is 1.55. The maximum atomic E-state index is 12.5. The fourth-order valence-electron chi connectivity index (χ4n) is 2.05. The standard InChI is InChI=1S/C17H18N4O2/c1-23-16-7-2-6-15(11-16)20-17(22)21(10-4-8-18)13-14-5-3-9-19-12-14/h2-3,5-7,9,11-12H,4,10,13H2,1H3,(H,20,22). The zero-order valence-corrected chi connectivity index (χ0v) is 12.9. The molecule has 6 heteroatoms. The molecule has 0 bridgehead atoms. The fraction of sp³-hybridized carbons (Fsp3) is 0.235. The van der Waals surface area contributed by atoms with Gasteiger partial charge in [0.05, 0.1) is 19.6 Å². The van der Waals surface area contributed by atoms with Crippen LogP contribution in [-0.2, 0) is 6.54 Å². The summed E-state index contributed by atoms with van der Waals surface area (Å²) < 4.78 is 5.14. The van der Waals surface area contributed by atoms with Crippen LogP contribution in [0.2, 0.25) is 0 Å². The second-order valence-electron chi connectivity index (χ2n) is 4.85. The van der Waals surface area contributed by atoms with Crippen molar-refractivity contribution in [3.05, 3.63) is 54.4 Å². The zero-order chi connectivity index (χ0) is 16.5. The second-order valence-corrected chi connectivity index (χ2v) is 4.85. The highest BCUT2D eigenvalue weighted by atomic mass is 16.5. The number of benzene rings is 1. The smallest absolute Gasteiger partial charge is 0.322 e. The normalized spacial score (nSPS) is 9.74. The average molecular weight is 310 g/mol. The molecule has 0 fully saturated rings. The topological polar surface area (TPSA) is 78.2 Å². The predicted octanol–water partition coefficient (Wildman–Crippen LogP) is 3.04. The Morgan fingerprint density at radius 3 is 2.96 bits per heavy atom. The largest absolute Gasteiger partial charge is 0.497 e. The van der Waals surface area contributed by atoms with Gasteiger partial charge in [-0.25, -0.2) is 4.79 Å². The molecule has 1 heterocycles. The predicted molar refractivity (Wildman–Crippen MR) is 86.9 cm³/mol. The summed E-state index contributed by atoms with van der Waals surface area (Å²) in [5, 5.41) is 11.6. The van der Waals surface area contributed by atoms with Gasteiger partial charge in [0.25, 0.3) is 0 Å². The summed E-state index contributed by atoms with van der Waals surface area (Å²) in [5.74, 6) is 0.665. The molecule has 0 saturated heterocycles. The molecule has 0 aliphatic carbocycles. The number of amides is 2. The van der Waals surface area contributed by atoms with Crippen molar-refractivity contribution in [2.75, 3.05) is 19.0 Å². The minimum atomic E-state index is -0.266. The number of methoxy groups -OCH3 is 1. The maximum absolute atomic E-state index is 12.5. The Bertz CT molecular complexity index is 682. The number of carbonyl (C=O) groups is 1. The Kier molecular flexibility index (Phi) is 5.95. The van der Waals surface area contributed by atoms with Gasteiger partial charge in [-0.05, 0) is 23.8 Å². The first-order chi connectivity index (χ1) is 11.2. The Balaban J connectivity index is 2.08. The highest BCUT2D eigenvalue weighted by molar-refractivity contribution is 5.89. The number of carbonyl (C=O) groups excluding carboxylic acids is 1. The quantitative estimate of drug-likeness (QED) is 0.889. The molecule has 1 aromatic heterocycles. The first-order valence-corrected chi connectivity index (χ1v) is 7.19. The third kappa shape index (κ3) is 5.00. The van der Waals surface area contributed by atoms with Gasteiger partial charge >= 0.3 is 6.03 Å². The highest BCUT2D eigenvalue weighted by Gasteiger charge is 2.14. The molecule has 118 valence electrons. The average Bonchev–Trinajstić information content (AvgIpc) is 2.59. The number of urea groups is 1. The number of anilines is 1. The molecular formula is C17H18N4O2. The van der Waals surface area contributed by atoms with E-state index in [9.17, 15) is 4.79 Å². The summed E-state index contributed by atoms with van der Waals surface area (Å²) in [6, 6.07) is 12.6. The zero-order valence-electron chi connectivity index (χ0n) is 12.9. The van der Waals surface area contributed by atoms with E-state index in [1.54, 1.807) is 48.7 Å². The minimum absolute atomic E-state index is 0.266. The molecule has 0 radical (unpaired) electrons. The number of nitriles is 1. The van der Waals surface area contributed by atoms with Crippen LogP contribution in [0.5, 0.6) is 5.75 Å². The van der Waals surface area contributed by atoms with E-state index in [0.717, 1.165) is 5.56 Å². The van der Waals surface area contributed by atoms with Crippen LogP contribution in [0.25, 0.3) is 0 Å². The summed E-state index contributed by atoms with van der Waals surface area (Å²) in [6.07, 6.45) is 3.66. The molecule has 6 nitrogen and oxygen atoms in total. The van der Waals surface area contributed by atoms with Crippen LogP contribution in [0.1, 0.15) is 12.0 Å². The van der Waals surface area contributed by atoms with Gasteiger partial charge < -0.3 is 15.0 Å². The lowest BCUT2D eigenvalue weighted by atomic mass is 10.2. The highest BCUT2D eigenvalue weighted by Crippen LogP contribution is 2.17. The molecule has 0 unspecified atom stereocenters. The third-order valence-electron chi connectivity index (χ3n) is 3.20. The van der Waals surface area contributed by atoms with Crippen LogP contribution in [0, 0.1) is 11.3 Å². The van der Waals surface area contributed by atoms with Crippen molar-refractivity contribution in [2.24, 2.45) is 0 Å². The van der Waals surface area contributed by atoms with Gasteiger partial charge in [0, 0.05) is 37.2 Å². The van der Waals surface area contributed by atoms with Gasteiger partial charge in [0.1, 0.15) is 5.75 Å². The molecule has 23 heavy (non-hydrogen) atoms. The van der Waals surface area contributed by atoms with E-state index in [4.69, 9.17) is 10.00 Å². The van der Waals surface area contributed by atoms with Crippen molar-refractivity contribution >= 4 is 11.7 Å². The van der Waals surface area contributed by atoms with E-state index in [1.807, 2.05) is 12.1 Å². The van der Waals surface area contributed by atoms with Gasteiger partial charge in [-0.3, -0.25) is 4.98 Å². The Hall–Kier alpha value is -3.07. The SMILES string of the molecule is COc1cccc(NC(=O)N(CCC#N)Cc2cccnc2)c1. The number of pyridine rings is 1. The molecule has 0 spiro atoms. The lowest BCUT2D eigenvalue weighted by molar-refractivity contribution is 0.210. The first kappa shape index (κ1) is 16.3. The minimum Gasteiger partial charge on any atom is -0.497 e. The van der Waals surface area contributed by atoms with Crippen molar-refractivity contribution < 1.29 is 9.53 Å². The van der Waals surface area contributed by atoms with Crippen LogP contribution >= 0.6 is 0 Å². The number of rotatable bonds is 6. The Labute approximate surface area is 135 Å². The van der Waals surface area contributed by atoms with Crippen molar-refractivity contribution in [1.82, 2.24) is 9.88 Å². The van der Waals surface area contributed by atoms with Gasteiger partial charge in [-0.15, -0.1) is 0 Å². The van der Waals surface area contributed by atoms with E-state index in [-0.39, 0.29) is 12.5 Å². The van der Waals surface area contributed by atoms with Gasteiger partial charge in [-0.2, -0.15) is 5.26 Å². The summed E-state index contributed by atoms with van der Waals surface area (Å²) in [6.45, 7) is 0.743. The van der Waals surface area contributed by atoms with Crippen molar-refractivity contribution in [2.45, 2.75) is 13.0 Å². The van der Waals surface area contributed by atoms with E-state index in [2.05, 4.69) is 16.4 Å². The van der Waals surface area contributed by atoms with Gasteiger partial charge in [0.2, 0.25) is 0 Å². The van der Waals surface area contributed by atoms with Gasteiger partial charge in [0.15, 0.2) is 0 Å². The number of ether oxygens (including phenoxy) is 1. The van der Waals surface area contributed by atoms with E-state index in [1.165, 1.54) is 0 Å². The third-order valence-corrected chi connectivity index (χ3v) is 3.20. The maximum Gasteiger partial charge on any atom is 0.322 e. The Morgan fingerprint density at radius 2 is 2.26 bits per heavy atom. The molecule has 1 N–H and O–H groups in total. The number of hydrogen-bond donors (Lipinski definition) is 1. The lowest BCUT2D eigenvalue weighted by Crippen LogP contribution is -2.35. The second kappa shape index (κ2) is 8.39. The molecule has 2 aromatic rings. The molecule has 0 saturated carbocycles. The number of nitrogens with zero attached hydrogens (tertiary/aromatic N) is 3. The number of nitrogens with one attached hydrogen (secondary N) is 1. The van der Waals surface area contributed by atoms with Gasteiger partial charge in [-0.1, -0.05) is 12.1 Å². The van der Waals surface area contributed by atoms with Crippen LogP contribution < -0.4 is 10.1 Å². The van der Waals surface area contributed by atoms with Crippen molar-refractivity contribution in [1.29, 1.82) is 5.26 Å². The van der Waals surface area contributed by atoms with Crippen LogP contribution in [-0.4, -0.2) is 29.6 Å². The summed E-state index contributed by atoms with van der Waals surface area (Å²) >= 11 is 0. The molecule has 2 amide bonds. The molecule has 1 aromatic carbocycles.